The third-order valence-electron chi connectivity index (χ3n) is 16.0. The van der Waals surface area contributed by atoms with E-state index in [0.717, 1.165) is 56.0 Å². The summed E-state index contributed by atoms with van der Waals surface area (Å²) in [5.41, 5.74) is 5.06. The van der Waals surface area contributed by atoms with Crippen LogP contribution in [0.1, 0.15) is 128 Å². The van der Waals surface area contributed by atoms with E-state index in [0.29, 0.717) is 24.7 Å². The largest absolute Gasteiger partial charge is 0.357 e. The van der Waals surface area contributed by atoms with Gasteiger partial charge in [0.2, 0.25) is 5.91 Å². The molecular weight excluding hydrogens is 653 g/mol. The minimum atomic E-state index is -3.98. The fourth-order valence-corrected chi connectivity index (χ4v) is 14.3. The lowest BCUT2D eigenvalue weighted by molar-refractivity contribution is -0.166. The van der Waals surface area contributed by atoms with Crippen molar-refractivity contribution < 1.29 is 18.0 Å². The maximum Gasteiger partial charge on any atom is 0.264 e. The van der Waals surface area contributed by atoms with Gasteiger partial charge in [-0.3, -0.25) is 9.59 Å². The zero-order valence-electron chi connectivity index (χ0n) is 31.8. The molecule has 7 atom stereocenters. The highest BCUT2D eigenvalue weighted by molar-refractivity contribution is 7.90. The van der Waals surface area contributed by atoms with E-state index in [1.807, 2.05) is 12.1 Å². The van der Waals surface area contributed by atoms with Crippen molar-refractivity contribution in [1.82, 2.24) is 9.71 Å². The fourth-order valence-electron chi connectivity index (χ4n) is 13.2. The number of hydrogen-bond acceptors (Lipinski definition) is 4. The third kappa shape index (κ3) is 4.67. The predicted molar refractivity (Wildman–Crippen MR) is 203 cm³/mol. The Balaban J connectivity index is 1.21. The smallest absolute Gasteiger partial charge is 0.264 e. The molecule has 272 valence electrons. The topological polar surface area (TPSA) is 96.1 Å². The average molecular weight is 709 g/mol. The Morgan fingerprint density at radius 3 is 2.25 bits per heavy atom. The molecule has 2 aromatic carbocycles. The molecule has 0 saturated heterocycles. The van der Waals surface area contributed by atoms with Gasteiger partial charge in [0, 0.05) is 22.1 Å². The molecule has 3 aromatic rings. The molecule has 5 aliphatic rings. The molecule has 5 aliphatic carbocycles. The van der Waals surface area contributed by atoms with Gasteiger partial charge in [0.15, 0.2) is 5.78 Å². The zero-order valence-corrected chi connectivity index (χ0v) is 32.6. The number of Topliss-reactive ketones (excluding diaryl/α,β-unsaturated/α-hetero) is 1. The first-order chi connectivity index (χ1) is 23.8. The van der Waals surface area contributed by atoms with E-state index in [1.165, 1.54) is 22.2 Å². The lowest BCUT2D eigenvalue weighted by Crippen LogP contribution is -2.65. The fraction of sp³-hybridized carbons (Fsp3) is 0.591. The number of H-pyrrole nitrogens is 1. The van der Waals surface area contributed by atoms with Crippen molar-refractivity contribution in [1.29, 1.82) is 0 Å². The number of amides is 1. The molecule has 51 heavy (non-hydrogen) atoms. The van der Waals surface area contributed by atoms with E-state index in [9.17, 15) is 18.0 Å². The number of benzene rings is 2. The van der Waals surface area contributed by atoms with Crippen LogP contribution in [-0.2, 0) is 26.7 Å². The number of aromatic amines is 1. The molecule has 0 spiro atoms. The van der Waals surface area contributed by atoms with Crippen LogP contribution >= 0.6 is 0 Å². The Kier molecular flexibility index (Phi) is 7.47. The number of carbonyl (C=O) groups is 2. The highest BCUT2D eigenvalue weighted by Crippen LogP contribution is 2.75. The average Bonchev–Trinajstić information content (AvgIpc) is 3.44. The summed E-state index contributed by atoms with van der Waals surface area (Å²) >= 11 is 0. The Morgan fingerprint density at radius 1 is 0.843 bits per heavy atom. The molecule has 1 amide bonds. The molecular formula is C44H56N2O4S. The van der Waals surface area contributed by atoms with Crippen molar-refractivity contribution in [3.8, 4) is 0 Å². The van der Waals surface area contributed by atoms with Crippen molar-refractivity contribution >= 4 is 32.6 Å². The van der Waals surface area contributed by atoms with Gasteiger partial charge in [0.05, 0.1) is 15.8 Å². The number of rotatable bonds is 4. The van der Waals surface area contributed by atoms with Crippen LogP contribution in [0, 0.1) is 44.8 Å². The molecule has 1 heterocycles. The highest BCUT2D eigenvalue weighted by Gasteiger charge is 2.69. The summed E-state index contributed by atoms with van der Waals surface area (Å²) in [5, 5.41) is 1.19. The van der Waals surface area contributed by atoms with Crippen LogP contribution in [0.3, 0.4) is 0 Å². The third-order valence-corrected chi connectivity index (χ3v) is 17.4. The lowest BCUT2D eigenvalue weighted by Gasteiger charge is -2.70. The minimum Gasteiger partial charge on any atom is -0.357 e. The van der Waals surface area contributed by atoms with Crippen molar-refractivity contribution in [2.24, 2.45) is 44.8 Å². The predicted octanol–water partition coefficient (Wildman–Crippen LogP) is 9.69. The number of carbonyl (C=O) groups excluding carboxylic acids is 2. The molecule has 2 N–H and O–H groups in total. The molecule has 1 aromatic heterocycles. The van der Waals surface area contributed by atoms with Gasteiger partial charge in [0.25, 0.3) is 10.0 Å². The highest BCUT2D eigenvalue weighted by atomic mass is 32.2. The van der Waals surface area contributed by atoms with Gasteiger partial charge < -0.3 is 4.98 Å². The number of para-hydroxylation sites is 1. The van der Waals surface area contributed by atoms with Gasteiger partial charge in [-0.1, -0.05) is 90.4 Å². The number of nitrogens with one attached hydrogen (secondary N) is 2. The van der Waals surface area contributed by atoms with Gasteiger partial charge in [-0.25, -0.2) is 13.1 Å². The minimum absolute atomic E-state index is 0.00213. The maximum absolute atomic E-state index is 14.5. The molecule has 7 heteroatoms. The number of allylic oxidation sites excluding steroid dienone is 2. The molecule has 8 rings (SSSR count). The van der Waals surface area contributed by atoms with Crippen LogP contribution in [0.15, 0.2) is 65.1 Å². The van der Waals surface area contributed by atoms with Crippen LogP contribution in [-0.4, -0.2) is 25.1 Å². The van der Waals surface area contributed by atoms with Crippen LogP contribution in [0.25, 0.3) is 10.9 Å². The Hall–Kier alpha value is -3.19. The van der Waals surface area contributed by atoms with Gasteiger partial charge in [-0.2, -0.15) is 0 Å². The van der Waals surface area contributed by atoms with Gasteiger partial charge >= 0.3 is 0 Å². The molecule has 3 saturated carbocycles. The second-order valence-corrected chi connectivity index (χ2v) is 21.0. The first-order valence-corrected chi connectivity index (χ1v) is 20.8. The summed E-state index contributed by atoms with van der Waals surface area (Å²) < 4.78 is 29.7. The molecule has 0 radical (unpaired) electrons. The SMILES string of the molecule is CC(=O)c1cccc2c3c([nH]c12)C(C)(C)[C@@H]1CC[C@]2(C)[C@H](CC=C4[C@@H]5CC(C)(C)CC[C@]5(C(=O)NS(=O)(=O)c5ccccc5)CC[C@]42C)[C@@]1(C)C3. The van der Waals surface area contributed by atoms with Gasteiger partial charge in [-0.15, -0.1) is 0 Å². The molecule has 0 bridgehead atoms. The summed E-state index contributed by atoms with van der Waals surface area (Å²) in [7, 11) is -3.98. The van der Waals surface area contributed by atoms with E-state index in [1.54, 1.807) is 37.3 Å². The number of sulfonamides is 1. The molecule has 3 fully saturated rings. The Bertz CT molecular complexity index is 2110. The lowest BCUT2D eigenvalue weighted by atomic mass is 9.33. The maximum atomic E-state index is 14.5. The quantitative estimate of drug-likeness (QED) is 0.208. The van der Waals surface area contributed by atoms with E-state index < -0.39 is 15.4 Å². The summed E-state index contributed by atoms with van der Waals surface area (Å²) in [4.78, 5) is 31.2. The van der Waals surface area contributed by atoms with Gasteiger partial charge in [0.1, 0.15) is 0 Å². The Morgan fingerprint density at radius 2 is 1.55 bits per heavy atom. The standard InChI is InChI=1S/C44H56N2O4S/c1-27(47)29-15-12-16-30-31-25-41(6)34(40(4,5)37(31)45-36(29)30)19-20-43(8)35(41)18-17-32-33-26-39(2,3)21-23-44(33,24-22-42(32,43)7)38(48)46-51(49,50)28-13-10-9-11-14-28/h9-17,33-35,45H,18-26H2,1-8H3,(H,46,48)/t33-,34-,35+,41-,42+,43+,44-/m0/s1. The molecule has 6 nitrogen and oxygen atoms in total. The second-order valence-electron chi connectivity index (χ2n) is 19.3. The van der Waals surface area contributed by atoms with Crippen molar-refractivity contribution in [2.45, 2.75) is 123 Å². The number of ketones is 1. The second kappa shape index (κ2) is 10.9. The monoisotopic (exact) mass is 708 g/mol. The Labute approximate surface area is 304 Å². The summed E-state index contributed by atoms with van der Waals surface area (Å²) in [6, 6.07) is 14.5. The molecule has 0 unspecified atom stereocenters. The number of hydrogen-bond donors (Lipinski definition) is 2. The number of aromatic nitrogens is 1. The van der Waals surface area contributed by atoms with E-state index >= 15 is 0 Å². The number of fused-ring (bicyclic) bond motifs is 10. The van der Waals surface area contributed by atoms with Crippen LogP contribution in [0.4, 0.5) is 0 Å². The van der Waals surface area contributed by atoms with Crippen molar-refractivity contribution in [2.75, 3.05) is 0 Å². The first-order valence-electron chi connectivity index (χ1n) is 19.3. The van der Waals surface area contributed by atoms with Crippen LogP contribution < -0.4 is 4.72 Å². The molecule has 0 aliphatic heterocycles. The summed E-state index contributed by atoms with van der Waals surface area (Å²) in [6.45, 7) is 18.8. The summed E-state index contributed by atoms with van der Waals surface area (Å²) in [5.74, 6) is 0.707. The van der Waals surface area contributed by atoms with Crippen LogP contribution in [0.5, 0.6) is 0 Å². The zero-order chi connectivity index (χ0) is 36.6. The van der Waals surface area contributed by atoms with E-state index in [4.69, 9.17) is 0 Å². The van der Waals surface area contributed by atoms with E-state index in [-0.39, 0.29) is 49.6 Å². The van der Waals surface area contributed by atoms with Crippen LogP contribution in [0.2, 0.25) is 0 Å². The van der Waals surface area contributed by atoms with E-state index in [2.05, 4.69) is 70.3 Å². The first kappa shape index (κ1) is 34.9. The summed E-state index contributed by atoms with van der Waals surface area (Å²) in [6.07, 6.45) is 10.8. The van der Waals surface area contributed by atoms with Crippen molar-refractivity contribution in [3.05, 3.63) is 77.0 Å². The van der Waals surface area contributed by atoms with Crippen molar-refractivity contribution in [3.63, 3.8) is 0 Å². The normalized spacial score (nSPS) is 36.4. The van der Waals surface area contributed by atoms with Gasteiger partial charge in [-0.05, 0) is 128 Å².